The van der Waals surface area contributed by atoms with Gasteiger partial charge in [0, 0.05) is 50.1 Å². The number of ether oxygens (including phenoxy) is 2. The standard InChI is InChI=1S/C28H33Cl2N3O3/c1-20(2)18-27(34)36-26-11-9-21-8-10-22(19-24(21)31-26)35-17-4-3-12-32-13-15-33(16-14-32)25-7-5-6-23(29)28(25)30/h5-11,19-20H,3-4,12-18H2,1-2H3. The second kappa shape index (κ2) is 12.6. The summed E-state index contributed by atoms with van der Waals surface area (Å²) in [5.41, 5.74) is 1.77. The van der Waals surface area contributed by atoms with E-state index in [9.17, 15) is 4.79 Å². The summed E-state index contributed by atoms with van der Waals surface area (Å²) in [6, 6.07) is 15.3. The van der Waals surface area contributed by atoms with Crippen LogP contribution in [0.15, 0.2) is 48.5 Å². The number of carbonyl (C=O) groups is 1. The van der Waals surface area contributed by atoms with Crippen LogP contribution < -0.4 is 14.4 Å². The van der Waals surface area contributed by atoms with Crippen molar-refractivity contribution in [3.05, 3.63) is 58.6 Å². The molecular formula is C28H33Cl2N3O3. The molecule has 1 aliphatic heterocycles. The number of fused-ring (bicyclic) bond motifs is 1. The van der Waals surface area contributed by atoms with Crippen molar-refractivity contribution in [2.45, 2.75) is 33.1 Å². The van der Waals surface area contributed by atoms with Gasteiger partial charge in [0.25, 0.3) is 0 Å². The number of carbonyl (C=O) groups excluding carboxylic acids is 1. The first-order chi connectivity index (χ1) is 17.4. The van der Waals surface area contributed by atoms with Crippen LogP contribution in [-0.4, -0.2) is 55.2 Å². The van der Waals surface area contributed by atoms with Crippen molar-refractivity contribution < 1.29 is 14.3 Å². The fourth-order valence-corrected chi connectivity index (χ4v) is 4.71. The number of halogens is 2. The Labute approximate surface area is 223 Å². The van der Waals surface area contributed by atoms with Gasteiger partial charge >= 0.3 is 5.97 Å². The molecule has 36 heavy (non-hydrogen) atoms. The van der Waals surface area contributed by atoms with E-state index in [0.29, 0.717) is 29.0 Å². The number of nitrogens with zero attached hydrogens (tertiary/aromatic N) is 3. The highest BCUT2D eigenvalue weighted by Crippen LogP contribution is 2.33. The number of piperazine rings is 1. The highest BCUT2D eigenvalue weighted by molar-refractivity contribution is 6.43. The molecule has 0 saturated carbocycles. The van der Waals surface area contributed by atoms with Crippen molar-refractivity contribution in [2.24, 2.45) is 5.92 Å². The molecule has 1 saturated heterocycles. The number of anilines is 1. The van der Waals surface area contributed by atoms with Gasteiger partial charge in [0.1, 0.15) is 5.75 Å². The second-order valence-corrected chi connectivity index (χ2v) is 10.3. The lowest BCUT2D eigenvalue weighted by Crippen LogP contribution is -2.46. The summed E-state index contributed by atoms with van der Waals surface area (Å²) in [5.74, 6) is 1.07. The molecule has 1 aliphatic rings. The minimum atomic E-state index is -0.265. The van der Waals surface area contributed by atoms with Gasteiger partial charge in [0.05, 0.1) is 27.9 Å². The van der Waals surface area contributed by atoms with Crippen LogP contribution in [0.5, 0.6) is 11.6 Å². The van der Waals surface area contributed by atoms with Gasteiger partial charge in [0.2, 0.25) is 5.88 Å². The van der Waals surface area contributed by atoms with Gasteiger partial charge in [-0.3, -0.25) is 9.69 Å². The number of rotatable bonds is 10. The van der Waals surface area contributed by atoms with Crippen LogP contribution in [0, 0.1) is 5.92 Å². The molecule has 0 amide bonds. The number of hydrogen-bond donors (Lipinski definition) is 0. The minimum Gasteiger partial charge on any atom is -0.494 e. The predicted molar refractivity (Wildman–Crippen MR) is 147 cm³/mol. The zero-order valence-corrected chi connectivity index (χ0v) is 22.4. The summed E-state index contributed by atoms with van der Waals surface area (Å²) in [6.45, 7) is 9.55. The Balaban J connectivity index is 1.19. The Morgan fingerprint density at radius 2 is 1.81 bits per heavy atom. The number of unbranched alkanes of at least 4 members (excludes halogenated alkanes) is 1. The third-order valence-electron chi connectivity index (χ3n) is 6.21. The summed E-state index contributed by atoms with van der Waals surface area (Å²) < 4.78 is 11.4. The molecule has 8 heteroatoms. The van der Waals surface area contributed by atoms with Crippen molar-refractivity contribution in [1.82, 2.24) is 9.88 Å². The number of hydrogen-bond acceptors (Lipinski definition) is 6. The molecule has 0 aliphatic carbocycles. The van der Waals surface area contributed by atoms with Crippen LogP contribution in [0.3, 0.4) is 0 Å². The predicted octanol–water partition coefficient (Wildman–Crippen LogP) is 6.47. The number of esters is 1. The molecule has 192 valence electrons. The monoisotopic (exact) mass is 529 g/mol. The summed E-state index contributed by atoms with van der Waals surface area (Å²) in [6.07, 6.45) is 2.41. The van der Waals surface area contributed by atoms with E-state index in [2.05, 4.69) is 14.8 Å². The van der Waals surface area contributed by atoms with E-state index in [1.54, 1.807) is 6.07 Å². The molecule has 4 rings (SSSR count). The fourth-order valence-electron chi connectivity index (χ4n) is 4.29. The summed E-state index contributed by atoms with van der Waals surface area (Å²) in [5, 5.41) is 2.21. The third kappa shape index (κ3) is 7.25. The maximum Gasteiger partial charge on any atom is 0.312 e. The van der Waals surface area contributed by atoms with Crippen LogP contribution in [0.4, 0.5) is 5.69 Å². The largest absolute Gasteiger partial charge is 0.494 e. The molecule has 2 heterocycles. The average Bonchev–Trinajstić information content (AvgIpc) is 2.85. The zero-order chi connectivity index (χ0) is 25.5. The first kappa shape index (κ1) is 26.5. The molecule has 0 unspecified atom stereocenters. The van der Waals surface area contributed by atoms with Gasteiger partial charge in [-0.2, -0.15) is 0 Å². The van der Waals surface area contributed by atoms with Crippen LogP contribution in [0.1, 0.15) is 33.1 Å². The van der Waals surface area contributed by atoms with Crippen molar-refractivity contribution in [3.8, 4) is 11.6 Å². The van der Waals surface area contributed by atoms with Crippen LogP contribution in [-0.2, 0) is 4.79 Å². The molecular weight excluding hydrogens is 497 g/mol. The Morgan fingerprint density at radius 3 is 2.58 bits per heavy atom. The first-order valence-electron chi connectivity index (χ1n) is 12.5. The molecule has 1 fully saturated rings. The van der Waals surface area contributed by atoms with E-state index in [1.807, 2.05) is 56.3 Å². The third-order valence-corrected chi connectivity index (χ3v) is 7.02. The van der Waals surface area contributed by atoms with Crippen LogP contribution in [0.2, 0.25) is 10.0 Å². The summed E-state index contributed by atoms with van der Waals surface area (Å²) >= 11 is 12.6. The van der Waals surface area contributed by atoms with Crippen molar-refractivity contribution in [2.75, 3.05) is 44.2 Å². The average molecular weight is 530 g/mol. The van der Waals surface area contributed by atoms with E-state index >= 15 is 0 Å². The lowest BCUT2D eigenvalue weighted by atomic mass is 10.1. The van der Waals surface area contributed by atoms with Gasteiger partial charge in [-0.1, -0.05) is 43.1 Å². The molecule has 1 aromatic heterocycles. The number of aromatic nitrogens is 1. The van der Waals surface area contributed by atoms with E-state index < -0.39 is 0 Å². The highest BCUT2D eigenvalue weighted by Gasteiger charge is 2.19. The van der Waals surface area contributed by atoms with E-state index in [-0.39, 0.29) is 11.9 Å². The lowest BCUT2D eigenvalue weighted by molar-refractivity contribution is -0.135. The molecule has 0 N–H and O–H groups in total. The van der Waals surface area contributed by atoms with Crippen LogP contribution in [0.25, 0.3) is 10.9 Å². The Bertz CT molecular complexity index is 1180. The van der Waals surface area contributed by atoms with Gasteiger partial charge in [-0.15, -0.1) is 0 Å². The maximum atomic E-state index is 11.9. The quantitative estimate of drug-likeness (QED) is 0.221. The Kier molecular flexibility index (Phi) is 9.30. The summed E-state index contributed by atoms with van der Waals surface area (Å²) in [7, 11) is 0. The van der Waals surface area contributed by atoms with Gasteiger partial charge in [-0.05, 0) is 55.6 Å². The smallest absolute Gasteiger partial charge is 0.312 e. The minimum absolute atomic E-state index is 0.246. The fraction of sp³-hybridized carbons (Fsp3) is 0.429. The van der Waals surface area contributed by atoms with Gasteiger partial charge in [-0.25, -0.2) is 4.98 Å². The SMILES string of the molecule is CC(C)CC(=O)Oc1ccc2ccc(OCCCCN3CCN(c4cccc(Cl)c4Cl)CC3)cc2n1. The van der Waals surface area contributed by atoms with Gasteiger partial charge < -0.3 is 14.4 Å². The highest BCUT2D eigenvalue weighted by atomic mass is 35.5. The lowest BCUT2D eigenvalue weighted by Gasteiger charge is -2.36. The molecule has 0 bridgehead atoms. The van der Waals surface area contributed by atoms with Gasteiger partial charge in [0.15, 0.2) is 0 Å². The van der Waals surface area contributed by atoms with E-state index in [1.165, 1.54) is 0 Å². The zero-order valence-electron chi connectivity index (χ0n) is 20.9. The summed E-state index contributed by atoms with van der Waals surface area (Å²) in [4.78, 5) is 21.2. The normalized spacial score (nSPS) is 14.4. The number of benzene rings is 2. The Hall–Kier alpha value is -2.54. The topological polar surface area (TPSA) is 54.9 Å². The van der Waals surface area contributed by atoms with E-state index in [0.717, 1.165) is 67.9 Å². The molecule has 3 aromatic rings. The molecule has 0 radical (unpaired) electrons. The van der Waals surface area contributed by atoms with Crippen molar-refractivity contribution in [3.63, 3.8) is 0 Å². The molecule has 6 nitrogen and oxygen atoms in total. The molecule has 0 spiro atoms. The van der Waals surface area contributed by atoms with Crippen molar-refractivity contribution >= 4 is 45.8 Å². The second-order valence-electron chi connectivity index (χ2n) is 9.53. The van der Waals surface area contributed by atoms with Crippen molar-refractivity contribution in [1.29, 1.82) is 0 Å². The van der Waals surface area contributed by atoms with E-state index in [4.69, 9.17) is 32.7 Å². The maximum absolute atomic E-state index is 11.9. The molecule has 2 aromatic carbocycles. The first-order valence-corrected chi connectivity index (χ1v) is 13.3. The number of pyridine rings is 1. The molecule has 0 atom stereocenters. The Morgan fingerprint density at radius 1 is 1.03 bits per heavy atom. The van der Waals surface area contributed by atoms with Crippen LogP contribution >= 0.6 is 23.2 Å².